The predicted octanol–water partition coefficient (Wildman–Crippen LogP) is 3.13. The van der Waals surface area contributed by atoms with E-state index in [-0.39, 0.29) is 18.1 Å². The number of nitriles is 1. The number of nitrogens with zero attached hydrogens (tertiary/aromatic N) is 5. The second kappa shape index (κ2) is 10.2. The molecule has 1 atom stereocenters. The number of hydrogen-bond acceptors (Lipinski definition) is 8. The van der Waals surface area contributed by atoms with Crippen LogP contribution in [0.3, 0.4) is 0 Å². The van der Waals surface area contributed by atoms with Crippen LogP contribution < -0.4 is 10.1 Å². The van der Waals surface area contributed by atoms with E-state index >= 15 is 0 Å². The summed E-state index contributed by atoms with van der Waals surface area (Å²) in [6.07, 6.45) is 4.30. The molecule has 2 aromatic heterocycles. The Morgan fingerprint density at radius 1 is 1.23 bits per heavy atom. The van der Waals surface area contributed by atoms with Crippen molar-refractivity contribution in [3.05, 3.63) is 47.9 Å². The Kier molecular flexibility index (Phi) is 7.41. The summed E-state index contributed by atoms with van der Waals surface area (Å²) in [5, 5.41) is 19.2. The van der Waals surface area contributed by atoms with E-state index in [1.807, 2.05) is 18.2 Å². The van der Waals surface area contributed by atoms with Crippen LogP contribution in [0.1, 0.15) is 17.7 Å². The molecule has 3 aromatic rings. The van der Waals surface area contributed by atoms with Crippen LogP contribution in [0, 0.1) is 11.3 Å². The molecule has 31 heavy (non-hydrogen) atoms. The number of hydrogen-bond donors (Lipinski definition) is 2. The normalized spacial score (nSPS) is 15.8. The molecule has 10 heteroatoms. The van der Waals surface area contributed by atoms with E-state index in [1.165, 1.54) is 18.0 Å². The number of H-pyrrole nitrogens is 1. The van der Waals surface area contributed by atoms with Gasteiger partial charge in [0.15, 0.2) is 11.5 Å². The van der Waals surface area contributed by atoms with Gasteiger partial charge in [-0.3, -0.25) is 10.00 Å². The highest BCUT2D eigenvalue weighted by atomic mass is 35.5. The lowest BCUT2D eigenvalue weighted by Crippen LogP contribution is -2.22. The zero-order chi connectivity index (χ0) is 20.9. The Hall–Kier alpha value is -3.19. The quantitative estimate of drug-likeness (QED) is 0.575. The topological polar surface area (TPSA) is 112 Å². The molecule has 2 N–H and O–H groups in total. The maximum Gasteiger partial charge on any atom is 0.158 e. The number of benzene rings is 1. The fourth-order valence-corrected chi connectivity index (χ4v) is 3.55. The first-order valence-corrected chi connectivity index (χ1v) is 9.65. The van der Waals surface area contributed by atoms with Gasteiger partial charge < -0.3 is 14.8 Å². The molecule has 3 heterocycles. The summed E-state index contributed by atoms with van der Waals surface area (Å²) in [7, 11) is 3.44. The molecule has 0 spiro atoms. The second-order valence-electron chi connectivity index (χ2n) is 7.11. The Balaban J connectivity index is 0.00000272. The first-order chi connectivity index (χ1) is 14.7. The van der Waals surface area contributed by atoms with E-state index in [0.29, 0.717) is 17.7 Å². The molecule has 1 fully saturated rings. The minimum absolute atomic E-state index is 0. The standard InChI is InChI=1S/C21H23N7O2.ClH/c1-29-16-5-6-28(13-16)12-14-3-4-17(19(7-14)30-2)18-8-20(27-26-18)25-21-11-23-15(9-22)10-24-21;/h3-4,7-8,10-11,16H,5-6,12-13H2,1-2H3,(H2,24,25,26,27);1H/t16-;/m0./s1. The zero-order valence-corrected chi connectivity index (χ0v) is 18.1. The summed E-state index contributed by atoms with van der Waals surface area (Å²) in [5.41, 5.74) is 3.20. The molecule has 1 aliphatic rings. The summed E-state index contributed by atoms with van der Waals surface area (Å²) in [5.74, 6) is 1.88. The monoisotopic (exact) mass is 441 g/mol. The molecule has 4 rings (SSSR count). The van der Waals surface area contributed by atoms with Gasteiger partial charge in [-0.15, -0.1) is 12.4 Å². The summed E-state index contributed by atoms with van der Waals surface area (Å²) in [6.45, 7) is 2.86. The molecule has 1 aromatic carbocycles. The SMILES string of the molecule is COc1cc(CN2CC[C@H](OC)C2)ccc1-c1cc(Nc2cnc(C#N)cn2)n[nH]1.Cl. The lowest BCUT2D eigenvalue weighted by molar-refractivity contribution is 0.107. The molecule has 0 aliphatic carbocycles. The Morgan fingerprint density at radius 2 is 2.10 bits per heavy atom. The summed E-state index contributed by atoms with van der Waals surface area (Å²) in [6, 6.07) is 10.0. The van der Waals surface area contributed by atoms with Crippen molar-refractivity contribution in [1.29, 1.82) is 5.26 Å². The van der Waals surface area contributed by atoms with Crippen molar-refractivity contribution in [2.45, 2.75) is 19.1 Å². The number of aromatic amines is 1. The van der Waals surface area contributed by atoms with Crippen molar-refractivity contribution < 1.29 is 9.47 Å². The van der Waals surface area contributed by atoms with Crippen molar-refractivity contribution in [2.24, 2.45) is 0 Å². The lowest BCUT2D eigenvalue weighted by Gasteiger charge is -2.17. The molecule has 162 valence electrons. The van der Waals surface area contributed by atoms with Crippen molar-refractivity contribution in [1.82, 2.24) is 25.1 Å². The van der Waals surface area contributed by atoms with Gasteiger partial charge in [0.05, 0.1) is 31.3 Å². The van der Waals surface area contributed by atoms with Gasteiger partial charge >= 0.3 is 0 Å². The second-order valence-corrected chi connectivity index (χ2v) is 7.11. The van der Waals surface area contributed by atoms with Crippen LogP contribution in [0.25, 0.3) is 11.3 Å². The maximum atomic E-state index is 8.81. The predicted molar refractivity (Wildman–Crippen MR) is 119 cm³/mol. The maximum absolute atomic E-state index is 8.81. The molecular weight excluding hydrogens is 418 g/mol. The van der Waals surface area contributed by atoms with Crippen LogP contribution in [0.15, 0.2) is 36.7 Å². The number of ether oxygens (including phenoxy) is 2. The van der Waals surface area contributed by atoms with Crippen molar-refractivity contribution in [3.8, 4) is 23.1 Å². The number of anilines is 2. The third-order valence-corrected chi connectivity index (χ3v) is 5.13. The van der Waals surface area contributed by atoms with Gasteiger partial charge in [0.2, 0.25) is 0 Å². The fraction of sp³-hybridized carbons (Fsp3) is 0.333. The fourth-order valence-electron chi connectivity index (χ4n) is 3.55. The van der Waals surface area contributed by atoms with Crippen LogP contribution in [-0.4, -0.2) is 58.5 Å². The van der Waals surface area contributed by atoms with Gasteiger partial charge in [-0.05, 0) is 24.1 Å². The van der Waals surface area contributed by atoms with Gasteiger partial charge in [-0.25, -0.2) is 9.97 Å². The summed E-state index contributed by atoms with van der Waals surface area (Å²) >= 11 is 0. The van der Waals surface area contributed by atoms with Gasteiger partial charge in [0.25, 0.3) is 0 Å². The number of nitrogens with one attached hydrogen (secondary N) is 2. The molecule has 0 amide bonds. The number of aromatic nitrogens is 4. The molecular formula is C21H24ClN7O2. The average molecular weight is 442 g/mol. The van der Waals surface area contributed by atoms with E-state index in [1.54, 1.807) is 14.2 Å². The average Bonchev–Trinajstić information content (AvgIpc) is 3.43. The number of likely N-dealkylation sites (tertiary alicyclic amines) is 1. The third kappa shape index (κ3) is 5.30. The molecule has 9 nitrogen and oxygen atoms in total. The minimum atomic E-state index is 0. The largest absolute Gasteiger partial charge is 0.496 e. The van der Waals surface area contributed by atoms with Gasteiger partial charge in [-0.1, -0.05) is 6.07 Å². The van der Waals surface area contributed by atoms with E-state index in [2.05, 4.69) is 42.5 Å². The highest BCUT2D eigenvalue weighted by molar-refractivity contribution is 5.85. The zero-order valence-electron chi connectivity index (χ0n) is 17.3. The van der Waals surface area contributed by atoms with E-state index in [0.717, 1.165) is 43.1 Å². The van der Waals surface area contributed by atoms with Crippen LogP contribution in [0.5, 0.6) is 5.75 Å². The Bertz CT molecular complexity index is 1050. The molecule has 0 saturated carbocycles. The lowest BCUT2D eigenvalue weighted by atomic mass is 10.1. The third-order valence-electron chi connectivity index (χ3n) is 5.13. The van der Waals surface area contributed by atoms with Gasteiger partial charge in [-0.2, -0.15) is 10.4 Å². The molecule has 0 bridgehead atoms. The first-order valence-electron chi connectivity index (χ1n) is 9.65. The summed E-state index contributed by atoms with van der Waals surface area (Å²) < 4.78 is 11.1. The van der Waals surface area contributed by atoms with Crippen LogP contribution in [0.4, 0.5) is 11.6 Å². The van der Waals surface area contributed by atoms with E-state index in [9.17, 15) is 0 Å². The number of rotatable bonds is 7. The van der Waals surface area contributed by atoms with Crippen LogP contribution in [0.2, 0.25) is 0 Å². The van der Waals surface area contributed by atoms with Crippen molar-refractivity contribution in [3.63, 3.8) is 0 Å². The smallest absolute Gasteiger partial charge is 0.158 e. The highest BCUT2D eigenvalue weighted by Gasteiger charge is 2.22. The summed E-state index contributed by atoms with van der Waals surface area (Å²) in [4.78, 5) is 10.5. The van der Waals surface area contributed by atoms with Gasteiger partial charge in [0.1, 0.15) is 17.6 Å². The number of methoxy groups -OCH3 is 2. The Morgan fingerprint density at radius 3 is 2.77 bits per heavy atom. The van der Waals surface area contributed by atoms with Crippen molar-refractivity contribution in [2.75, 3.05) is 32.6 Å². The van der Waals surface area contributed by atoms with E-state index < -0.39 is 0 Å². The van der Waals surface area contributed by atoms with Gasteiger partial charge in [0, 0.05) is 38.4 Å². The van der Waals surface area contributed by atoms with E-state index in [4.69, 9.17) is 14.7 Å². The molecule has 1 saturated heterocycles. The minimum Gasteiger partial charge on any atom is -0.496 e. The highest BCUT2D eigenvalue weighted by Crippen LogP contribution is 2.32. The van der Waals surface area contributed by atoms with Crippen molar-refractivity contribution >= 4 is 24.0 Å². The first kappa shape index (κ1) is 22.5. The Labute approximate surface area is 186 Å². The molecule has 0 radical (unpaired) electrons. The number of halogens is 1. The van der Waals surface area contributed by atoms with Crippen LogP contribution >= 0.6 is 12.4 Å². The molecule has 1 aliphatic heterocycles. The molecule has 0 unspecified atom stereocenters. The van der Waals surface area contributed by atoms with Crippen LogP contribution in [-0.2, 0) is 11.3 Å².